The summed E-state index contributed by atoms with van der Waals surface area (Å²) in [4.78, 5) is 10.5. The van der Waals surface area contributed by atoms with Crippen molar-refractivity contribution in [2.75, 3.05) is 0 Å². The molecule has 0 amide bonds. The van der Waals surface area contributed by atoms with Gasteiger partial charge < -0.3 is 0 Å². The third-order valence-electron chi connectivity index (χ3n) is 10.4. The lowest BCUT2D eigenvalue weighted by Crippen LogP contribution is -2.22. The minimum atomic E-state index is -0.286. The predicted molar refractivity (Wildman–Crippen MR) is 206 cm³/mol. The fourth-order valence-corrected chi connectivity index (χ4v) is 8.91. The molecule has 2 nitrogen and oxygen atoms in total. The number of aromatic nitrogens is 2. The van der Waals surface area contributed by atoms with Gasteiger partial charge in [0.1, 0.15) is 0 Å². The topological polar surface area (TPSA) is 25.8 Å². The fraction of sp³-hybridized carbons (Fsp3) is 0.0435. The Bertz CT molecular complexity index is 2740. The molecule has 0 saturated carbocycles. The highest BCUT2D eigenvalue weighted by atomic mass is 32.1. The first-order valence-electron chi connectivity index (χ1n) is 16.7. The molecule has 0 N–H and O–H groups in total. The lowest BCUT2D eigenvalue weighted by Gasteiger charge is -2.28. The van der Waals surface area contributed by atoms with E-state index < -0.39 is 0 Å². The molecule has 0 bridgehead atoms. The Morgan fingerprint density at radius 1 is 0.449 bits per heavy atom. The molecule has 0 aliphatic heterocycles. The molecule has 3 heteroatoms. The Labute approximate surface area is 289 Å². The molecule has 49 heavy (non-hydrogen) atoms. The van der Waals surface area contributed by atoms with Gasteiger partial charge in [-0.25, -0.2) is 9.97 Å². The second-order valence-corrected chi connectivity index (χ2v) is 14.2. The molecule has 1 unspecified atom stereocenters. The van der Waals surface area contributed by atoms with E-state index in [9.17, 15) is 0 Å². The van der Waals surface area contributed by atoms with Crippen molar-refractivity contribution in [3.8, 4) is 45.0 Å². The highest BCUT2D eigenvalue weighted by Crippen LogP contribution is 2.53. The number of rotatable bonds is 4. The van der Waals surface area contributed by atoms with Gasteiger partial charge in [-0.3, -0.25) is 0 Å². The van der Waals surface area contributed by atoms with Crippen LogP contribution in [0.3, 0.4) is 0 Å². The van der Waals surface area contributed by atoms with Crippen LogP contribution in [0.25, 0.3) is 76.0 Å². The van der Waals surface area contributed by atoms with Crippen molar-refractivity contribution in [2.45, 2.75) is 12.3 Å². The maximum Gasteiger partial charge on any atom is 0.160 e. The average molecular weight is 643 g/mol. The standard InChI is InChI=1S/C46H30N2S/c1-46(34-13-3-2-4-14-34)39-17-9-7-15-35(39)36-23-21-32(27-40(36)46)42-28-41(31-22-24-44-38(26-31)37-16-8-10-18-43(37)49-44)47-45(48-42)33-20-19-29-11-5-6-12-30(29)25-33/h2-28H,1H3. The Morgan fingerprint density at radius 2 is 1.10 bits per heavy atom. The molecule has 0 saturated heterocycles. The first-order chi connectivity index (χ1) is 24.1. The van der Waals surface area contributed by atoms with E-state index in [2.05, 4.69) is 171 Å². The van der Waals surface area contributed by atoms with E-state index in [1.54, 1.807) is 0 Å². The molecule has 9 aromatic rings. The Hall–Kier alpha value is -5.90. The third kappa shape index (κ3) is 4.40. The van der Waals surface area contributed by atoms with Crippen LogP contribution in [-0.2, 0) is 5.41 Å². The molecule has 1 atom stereocenters. The van der Waals surface area contributed by atoms with Gasteiger partial charge in [-0.2, -0.15) is 0 Å². The van der Waals surface area contributed by atoms with Crippen LogP contribution >= 0.6 is 11.3 Å². The van der Waals surface area contributed by atoms with E-state index in [-0.39, 0.29) is 5.41 Å². The molecule has 1 aliphatic carbocycles. The third-order valence-corrected chi connectivity index (χ3v) is 11.5. The van der Waals surface area contributed by atoms with Crippen LogP contribution in [0.4, 0.5) is 0 Å². The minimum absolute atomic E-state index is 0.286. The number of thiophene rings is 1. The molecule has 0 fully saturated rings. The molecule has 2 aromatic heterocycles. The number of nitrogens with zero attached hydrogens (tertiary/aromatic N) is 2. The largest absolute Gasteiger partial charge is 0.228 e. The van der Waals surface area contributed by atoms with Crippen LogP contribution in [0.15, 0.2) is 164 Å². The number of hydrogen-bond acceptors (Lipinski definition) is 3. The first kappa shape index (κ1) is 28.1. The summed E-state index contributed by atoms with van der Waals surface area (Å²) < 4.78 is 2.59. The average Bonchev–Trinajstić information content (AvgIpc) is 3.67. The summed E-state index contributed by atoms with van der Waals surface area (Å²) in [5, 5.41) is 4.93. The monoisotopic (exact) mass is 642 g/mol. The SMILES string of the molecule is CC1(c2ccccc2)c2ccccc2-c2ccc(-c3cc(-c4ccc5sc6ccccc6c5c4)nc(-c4ccc5ccccc5c4)n3)cc21. The van der Waals surface area contributed by atoms with Crippen LogP contribution in [-0.4, -0.2) is 9.97 Å². The number of benzene rings is 7. The van der Waals surface area contributed by atoms with Gasteiger partial charge >= 0.3 is 0 Å². The Kier molecular flexibility index (Phi) is 6.21. The summed E-state index contributed by atoms with van der Waals surface area (Å²) in [5.41, 5.74) is 11.2. The van der Waals surface area contributed by atoms with Crippen LogP contribution in [0, 0.1) is 0 Å². The van der Waals surface area contributed by atoms with Gasteiger partial charge in [0.05, 0.1) is 11.4 Å². The zero-order chi connectivity index (χ0) is 32.5. The summed E-state index contributed by atoms with van der Waals surface area (Å²) in [6.45, 7) is 2.36. The van der Waals surface area contributed by atoms with Crippen molar-refractivity contribution in [1.82, 2.24) is 9.97 Å². The van der Waals surface area contributed by atoms with E-state index in [1.165, 1.54) is 58.8 Å². The van der Waals surface area contributed by atoms with E-state index in [0.717, 1.165) is 33.9 Å². The highest BCUT2D eigenvalue weighted by Gasteiger charge is 2.40. The zero-order valence-corrected chi connectivity index (χ0v) is 27.7. The summed E-state index contributed by atoms with van der Waals surface area (Å²) in [7, 11) is 0. The maximum atomic E-state index is 5.29. The molecule has 10 rings (SSSR count). The normalized spacial score (nSPS) is 15.1. The summed E-state index contributed by atoms with van der Waals surface area (Å²) >= 11 is 1.84. The first-order valence-corrected chi connectivity index (χ1v) is 17.6. The summed E-state index contributed by atoms with van der Waals surface area (Å²) in [6.07, 6.45) is 0. The molecule has 1 aliphatic rings. The predicted octanol–water partition coefficient (Wildman–Crippen LogP) is 12.3. The second-order valence-electron chi connectivity index (χ2n) is 13.1. The summed E-state index contributed by atoms with van der Waals surface area (Å²) in [5.74, 6) is 0.725. The van der Waals surface area contributed by atoms with Crippen molar-refractivity contribution in [3.05, 3.63) is 180 Å². The molecule has 2 heterocycles. The number of hydrogen-bond donors (Lipinski definition) is 0. The van der Waals surface area contributed by atoms with Crippen LogP contribution < -0.4 is 0 Å². The molecular formula is C46H30N2S. The lowest BCUT2D eigenvalue weighted by atomic mass is 9.74. The fourth-order valence-electron chi connectivity index (χ4n) is 7.82. The Balaban J connectivity index is 1.19. The van der Waals surface area contributed by atoms with Crippen molar-refractivity contribution >= 4 is 42.3 Å². The molecule has 230 valence electrons. The lowest BCUT2D eigenvalue weighted by molar-refractivity contribution is 0.714. The summed E-state index contributed by atoms with van der Waals surface area (Å²) in [6, 6.07) is 59.2. The van der Waals surface area contributed by atoms with Gasteiger partial charge in [0.15, 0.2) is 5.82 Å². The minimum Gasteiger partial charge on any atom is -0.228 e. The van der Waals surface area contributed by atoms with Crippen molar-refractivity contribution in [3.63, 3.8) is 0 Å². The van der Waals surface area contributed by atoms with Gasteiger partial charge in [0, 0.05) is 42.3 Å². The molecule has 0 radical (unpaired) electrons. The van der Waals surface area contributed by atoms with Crippen LogP contribution in [0.5, 0.6) is 0 Å². The Morgan fingerprint density at radius 3 is 1.98 bits per heavy atom. The van der Waals surface area contributed by atoms with Crippen molar-refractivity contribution < 1.29 is 0 Å². The van der Waals surface area contributed by atoms with Crippen LogP contribution in [0.1, 0.15) is 23.6 Å². The smallest absolute Gasteiger partial charge is 0.160 e. The number of fused-ring (bicyclic) bond motifs is 7. The quantitative estimate of drug-likeness (QED) is 0.191. The van der Waals surface area contributed by atoms with E-state index >= 15 is 0 Å². The highest BCUT2D eigenvalue weighted by molar-refractivity contribution is 7.25. The zero-order valence-electron chi connectivity index (χ0n) is 26.9. The van der Waals surface area contributed by atoms with Gasteiger partial charge in [-0.15, -0.1) is 11.3 Å². The maximum absolute atomic E-state index is 5.29. The molecular weight excluding hydrogens is 613 g/mol. The van der Waals surface area contributed by atoms with E-state index in [0.29, 0.717) is 0 Å². The second kappa shape index (κ2) is 10.8. The van der Waals surface area contributed by atoms with Gasteiger partial charge in [0.2, 0.25) is 0 Å². The van der Waals surface area contributed by atoms with E-state index in [1.807, 2.05) is 11.3 Å². The van der Waals surface area contributed by atoms with Gasteiger partial charge in [-0.1, -0.05) is 127 Å². The van der Waals surface area contributed by atoms with E-state index in [4.69, 9.17) is 9.97 Å². The van der Waals surface area contributed by atoms with Crippen LogP contribution in [0.2, 0.25) is 0 Å². The van der Waals surface area contributed by atoms with Crippen molar-refractivity contribution in [1.29, 1.82) is 0 Å². The van der Waals surface area contributed by atoms with Crippen molar-refractivity contribution in [2.24, 2.45) is 0 Å². The molecule has 0 spiro atoms. The van der Waals surface area contributed by atoms with Gasteiger partial charge in [0.25, 0.3) is 0 Å². The molecule has 7 aromatic carbocycles. The van der Waals surface area contributed by atoms with Gasteiger partial charge in [-0.05, 0) is 81.9 Å².